The topological polar surface area (TPSA) is 20.2 Å². The summed E-state index contributed by atoms with van der Waals surface area (Å²) >= 11 is 14.4. The van der Waals surface area contributed by atoms with E-state index in [-0.39, 0.29) is 6.10 Å². The van der Waals surface area contributed by atoms with Gasteiger partial charge in [0, 0.05) is 6.10 Å². The number of rotatable bonds is 0. The van der Waals surface area contributed by atoms with E-state index in [1.165, 1.54) is 0 Å². The van der Waals surface area contributed by atoms with Crippen molar-refractivity contribution in [3.05, 3.63) is 0 Å². The molecule has 0 aromatic carbocycles. The smallest absolute Gasteiger partial charge is 0.180 e. The maximum atomic E-state index is 8.06. The van der Waals surface area contributed by atoms with Crippen LogP contribution in [0.4, 0.5) is 0 Å². The third-order valence-electron chi connectivity index (χ3n) is 0. The lowest BCUT2D eigenvalue weighted by molar-refractivity contribution is 0.216. The molecule has 0 spiro atoms. The van der Waals surface area contributed by atoms with E-state index in [1.807, 2.05) is 0 Å². The molecule has 0 fully saturated rings. The SMILES string of the molecule is CC(C)O.ClC(Cl)Cl. The van der Waals surface area contributed by atoms with E-state index in [4.69, 9.17) is 39.9 Å². The largest absolute Gasteiger partial charge is 0.394 e. The molecule has 0 aromatic rings. The fourth-order valence-electron chi connectivity index (χ4n) is 0. The number of aliphatic hydroxyl groups excluding tert-OH is 1. The summed E-state index contributed by atoms with van der Waals surface area (Å²) in [5, 5.41) is 8.06. The van der Waals surface area contributed by atoms with Crippen LogP contribution in [0.1, 0.15) is 13.8 Å². The highest BCUT2D eigenvalue weighted by Gasteiger charge is 1.78. The molecule has 0 aromatic heterocycles. The Morgan fingerprint density at radius 3 is 1.12 bits per heavy atom. The Balaban J connectivity index is 0. The highest BCUT2D eigenvalue weighted by Crippen LogP contribution is 2.03. The zero-order valence-corrected chi connectivity index (χ0v) is 7.00. The van der Waals surface area contributed by atoms with Crippen molar-refractivity contribution >= 4 is 34.8 Å². The van der Waals surface area contributed by atoms with Gasteiger partial charge in [-0.1, -0.05) is 34.8 Å². The van der Waals surface area contributed by atoms with Crippen LogP contribution in [0.3, 0.4) is 0 Å². The first-order chi connectivity index (χ1) is 3.46. The minimum atomic E-state index is -0.750. The lowest BCUT2D eigenvalue weighted by atomic mass is 10.5. The molecule has 0 heterocycles. The highest BCUT2D eigenvalue weighted by molar-refractivity contribution is 6.63. The lowest BCUT2D eigenvalue weighted by Gasteiger charge is -1.80. The van der Waals surface area contributed by atoms with E-state index in [2.05, 4.69) is 0 Å². The van der Waals surface area contributed by atoms with Crippen molar-refractivity contribution in [3.63, 3.8) is 0 Å². The summed E-state index contributed by atoms with van der Waals surface area (Å²) in [4.78, 5) is 0. The second-order valence-corrected chi connectivity index (χ2v) is 3.32. The van der Waals surface area contributed by atoms with Crippen molar-refractivity contribution in [3.8, 4) is 0 Å². The first-order valence-corrected chi connectivity index (χ1v) is 3.38. The van der Waals surface area contributed by atoms with Crippen LogP contribution >= 0.6 is 34.8 Å². The zero-order valence-electron chi connectivity index (χ0n) is 4.74. The molecule has 0 rings (SSSR count). The molecule has 0 saturated carbocycles. The van der Waals surface area contributed by atoms with Gasteiger partial charge >= 0.3 is 0 Å². The summed E-state index contributed by atoms with van der Waals surface area (Å²) in [6.45, 7) is 3.44. The number of hydrogen-bond acceptors (Lipinski definition) is 1. The third kappa shape index (κ3) is 337. The van der Waals surface area contributed by atoms with E-state index in [1.54, 1.807) is 13.8 Å². The van der Waals surface area contributed by atoms with Crippen LogP contribution in [0.15, 0.2) is 0 Å². The Bertz CT molecular complexity index is 26.8. The van der Waals surface area contributed by atoms with E-state index in [0.717, 1.165) is 0 Å². The molecule has 4 heteroatoms. The standard InChI is InChI=1S/C3H8O.CHCl3/c1-3(2)4;2-1(3)4/h3-4H,1-2H3;1H. The van der Waals surface area contributed by atoms with Crippen LogP contribution in [0, 0.1) is 0 Å². The van der Waals surface area contributed by atoms with Gasteiger partial charge in [-0.05, 0) is 13.8 Å². The quantitative estimate of drug-likeness (QED) is 0.566. The molecule has 0 aliphatic carbocycles. The molecule has 1 nitrogen and oxygen atoms in total. The maximum absolute atomic E-state index is 8.06. The first kappa shape index (κ1) is 11.6. The Hall–Kier alpha value is 0.830. The van der Waals surface area contributed by atoms with Gasteiger partial charge in [0.2, 0.25) is 0 Å². The van der Waals surface area contributed by atoms with Crippen LogP contribution in [-0.2, 0) is 0 Å². The minimum Gasteiger partial charge on any atom is -0.394 e. The van der Waals surface area contributed by atoms with Gasteiger partial charge in [0.1, 0.15) is 0 Å². The average molecular weight is 179 g/mol. The molecule has 0 aliphatic heterocycles. The second kappa shape index (κ2) is 7.83. The van der Waals surface area contributed by atoms with Gasteiger partial charge in [-0.25, -0.2) is 0 Å². The molecule has 0 aliphatic rings. The van der Waals surface area contributed by atoms with Gasteiger partial charge in [-0.2, -0.15) is 0 Å². The summed E-state index contributed by atoms with van der Waals surface area (Å²) in [5.74, 6) is 0. The molecular formula is C4H9Cl3O. The van der Waals surface area contributed by atoms with Gasteiger partial charge < -0.3 is 5.11 Å². The van der Waals surface area contributed by atoms with Crippen molar-refractivity contribution < 1.29 is 5.11 Å². The van der Waals surface area contributed by atoms with E-state index in [0.29, 0.717) is 0 Å². The molecule has 0 saturated heterocycles. The molecule has 0 amide bonds. The minimum absolute atomic E-state index is 0.167. The Labute approximate surface area is 64.5 Å². The predicted molar refractivity (Wildman–Crippen MR) is 38.7 cm³/mol. The van der Waals surface area contributed by atoms with Crippen molar-refractivity contribution in [2.45, 2.75) is 24.2 Å². The Kier molecular flexibility index (Phi) is 11.4. The molecule has 8 heavy (non-hydrogen) atoms. The van der Waals surface area contributed by atoms with Crippen molar-refractivity contribution in [2.24, 2.45) is 0 Å². The van der Waals surface area contributed by atoms with Gasteiger partial charge in [0.15, 0.2) is 4.30 Å². The number of aliphatic hydroxyl groups is 1. The van der Waals surface area contributed by atoms with E-state index >= 15 is 0 Å². The normalized spacial score (nSPS) is 9.00. The van der Waals surface area contributed by atoms with Gasteiger partial charge in [0.05, 0.1) is 0 Å². The average Bonchev–Trinajstić information content (AvgIpc) is 1.25. The van der Waals surface area contributed by atoms with Crippen molar-refractivity contribution in [1.82, 2.24) is 0 Å². The number of alkyl halides is 3. The summed E-state index contributed by atoms with van der Waals surface area (Å²) in [6, 6.07) is 0. The number of halogens is 3. The first-order valence-electron chi connectivity index (χ1n) is 2.07. The van der Waals surface area contributed by atoms with Crippen molar-refractivity contribution in [2.75, 3.05) is 0 Å². The summed E-state index contributed by atoms with van der Waals surface area (Å²) in [6.07, 6.45) is -0.167. The molecule has 52 valence electrons. The maximum Gasteiger partial charge on any atom is 0.180 e. The van der Waals surface area contributed by atoms with E-state index in [9.17, 15) is 0 Å². The second-order valence-electron chi connectivity index (χ2n) is 1.34. The van der Waals surface area contributed by atoms with Gasteiger partial charge in [-0.15, -0.1) is 0 Å². The van der Waals surface area contributed by atoms with Crippen LogP contribution in [0.25, 0.3) is 0 Å². The lowest BCUT2D eigenvalue weighted by Crippen LogP contribution is -1.85. The van der Waals surface area contributed by atoms with Crippen molar-refractivity contribution in [1.29, 1.82) is 0 Å². The Morgan fingerprint density at radius 2 is 1.12 bits per heavy atom. The van der Waals surface area contributed by atoms with Crippen LogP contribution in [0.2, 0.25) is 0 Å². The fraction of sp³-hybridized carbons (Fsp3) is 1.00. The molecule has 0 atom stereocenters. The molecule has 0 radical (unpaired) electrons. The highest BCUT2D eigenvalue weighted by atomic mass is 35.6. The molecule has 0 unspecified atom stereocenters. The summed E-state index contributed by atoms with van der Waals surface area (Å²) < 4.78 is -0.750. The molecule has 0 bridgehead atoms. The van der Waals surface area contributed by atoms with Crippen LogP contribution in [-0.4, -0.2) is 15.5 Å². The van der Waals surface area contributed by atoms with Gasteiger partial charge in [0.25, 0.3) is 0 Å². The monoisotopic (exact) mass is 178 g/mol. The summed E-state index contributed by atoms with van der Waals surface area (Å²) in [7, 11) is 0. The summed E-state index contributed by atoms with van der Waals surface area (Å²) in [5.41, 5.74) is 0. The Morgan fingerprint density at radius 1 is 1.12 bits per heavy atom. The molecule has 1 N–H and O–H groups in total. The fourth-order valence-corrected chi connectivity index (χ4v) is 0. The predicted octanol–water partition coefficient (Wildman–Crippen LogP) is 2.37. The number of hydrogen-bond donors (Lipinski definition) is 1. The van der Waals surface area contributed by atoms with E-state index < -0.39 is 4.30 Å². The van der Waals surface area contributed by atoms with Crippen LogP contribution in [0.5, 0.6) is 0 Å². The zero-order chi connectivity index (χ0) is 7.15. The third-order valence-corrected chi connectivity index (χ3v) is 0. The van der Waals surface area contributed by atoms with Crippen LogP contribution < -0.4 is 0 Å². The molecular weight excluding hydrogens is 170 g/mol. The van der Waals surface area contributed by atoms with Gasteiger partial charge in [-0.3, -0.25) is 0 Å².